The summed E-state index contributed by atoms with van der Waals surface area (Å²) in [6.45, 7) is 6.73. The predicted molar refractivity (Wildman–Crippen MR) is 93.3 cm³/mol. The van der Waals surface area contributed by atoms with Crippen LogP contribution in [-0.2, 0) is 4.74 Å². The summed E-state index contributed by atoms with van der Waals surface area (Å²) in [6, 6.07) is 4.65. The second kappa shape index (κ2) is 7.47. The Morgan fingerprint density at radius 2 is 2.17 bits per heavy atom. The number of hydrogen-bond donors (Lipinski definition) is 1. The van der Waals surface area contributed by atoms with Crippen LogP contribution in [0.5, 0.6) is 0 Å². The fourth-order valence-corrected chi connectivity index (χ4v) is 3.89. The molecule has 1 aliphatic rings. The van der Waals surface area contributed by atoms with E-state index < -0.39 is 0 Å². The van der Waals surface area contributed by atoms with Crippen LogP contribution in [0.25, 0.3) is 0 Å². The van der Waals surface area contributed by atoms with Crippen LogP contribution in [0.4, 0.5) is 5.13 Å². The molecular formula is C17H25N3O2S. The molecule has 2 aromatic rings. The van der Waals surface area contributed by atoms with Gasteiger partial charge in [-0.25, -0.2) is 4.98 Å². The van der Waals surface area contributed by atoms with Crippen molar-refractivity contribution in [2.75, 3.05) is 31.7 Å². The number of furan rings is 1. The number of ether oxygens (including phenoxy) is 1. The number of hydrogen-bond acceptors (Lipinski definition) is 6. The molecule has 1 fully saturated rings. The second-order valence-electron chi connectivity index (χ2n) is 6.16. The lowest BCUT2D eigenvalue weighted by Gasteiger charge is -2.34. The van der Waals surface area contributed by atoms with Gasteiger partial charge in [0.2, 0.25) is 0 Å². The van der Waals surface area contributed by atoms with E-state index in [1.807, 2.05) is 19.1 Å². The molecule has 126 valence electrons. The Morgan fingerprint density at radius 1 is 1.39 bits per heavy atom. The average molecular weight is 335 g/mol. The van der Waals surface area contributed by atoms with E-state index in [4.69, 9.17) is 9.15 Å². The first-order valence-corrected chi connectivity index (χ1v) is 9.02. The summed E-state index contributed by atoms with van der Waals surface area (Å²) in [7, 11) is 1.73. The summed E-state index contributed by atoms with van der Waals surface area (Å²) in [5, 5.41) is 6.97. The zero-order valence-electron chi connectivity index (χ0n) is 14.0. The quantitative estimate of drug-likeness (QED) is 0.878. The van der Waals surface area contributed by atoms with Crippen LogP contribution in [0.3, 0.4) is 0 Å². The van der Waals surface area contributed by atoms with E-state index in [9.17, 15) is 0 Å². The fourth-order valence-electron chi connectivity index (χ4n) is 3.03. The van der Waals surface area contributed by atoms with Gasteiger partial charge in [0.25, 0.3) is 0 Å². The number of nitrogens with zero attached hydrogens (tertiary/aromatic N) is 2. The minimum absolute atomic E-state index is 0.118. The number of anilines is 1. The highest BCUT2D eigenvalue weighted by atomic mass is 32.1. The monoisotopic (exact) mass is 335 g/mol. The van der Waals surface area contributed by atoms with Crippen LogP contribution in [0.15, 0.2) is 21.9 Å². The summed E-state index contributed by atoms with van der Waals surface area (Å²) in [5.41, 5.74) is 1.11. The normalized spacial score (nSPS) is 17.6. The minimum atomic E-state index is 0.118. The maximum atomic E-state index is 5.77. The number of rotatable bonds is 6. The van der Waals surface area contributed by atoms with Crippen LogP contribution >= 0.6 is 11.3 Å². The smallest absolute Gasteiger partial charge is 0.185 e. The summed E-state index contributed by atoms with van der Waals surface area (Å²) < 4.78 is 11.1. The van der Waals surface area contributed by atoms with E-state index in [1.165, 1.54) is 0 Å². The van der Waals surface area contributed by atoms with Crippen molar-refractivity contribution in [2.24, 2.45) is 0 Å². The maximum absolute atomic E-state index is 5.77. The third-order valence-corrected chi connectivity index (χ3v) is 5.27. The molecule has 5 nitrogen and oxygen atoms in total. The Morgan fingerprint density at radius 3 is 2.74 bits per heavy atom. The molecule has 0 unspecified atom stereocenters. The van der Waals surface area contributed by atoms with Gasteiger partial charge in [0, 0.05) is 31.6 Å². The van der Waals surface area contributed by atoms with E-state index >= 15 is 0 Å². The molecule has 0 aromatic carbocycles. The topological polar surface area (TPSA) is 50.5 Å². The molecule has 1 saturated heterocycles. The Kier molecular flexibility index (Phi) is 5.35. The van der Waals surface area contributed by atoms with Gasteiger partial charge in [0.15, 0.2) is 5.13 Å². The first-order chi connectivity index (χ1) is 11.2. The van der Waals surface area contributed by atoms with Gasteiger partial charge in [0.05, 0.1) is 18.3 Å². The lowest BCUT2D eigenvalue weighted by Crippen LogP contribution is -2.44. The standard InChI is InChI=1S/C17H25N3O2S/c1-12-11-23-17(18-12)20-8-6-14(7-9-20)19-15(10-21-3)16-5-4-13(2)22-16/h4-5,11,14-15,19H,6-10H2,1-3H3/t15-/m1/s1. The lowest BCUT2D eigenvalue weighted by atomic mass is 10.0. The van der Waals surface area contributed by atoms with Gasteiger partial charge in [-0.15, -0.1) is 11.3 Å². The zero-order chi connectivity index (χ0) is 16.2. The zero-order valence-corrected chi connectivity index (χ0v) is 14.9. The second-order valence-corrected chi connectivity index (χ2v) is 6.99. The molecule has 1 aliphatic heterocycles. The highest BCUT2D eigenvalue weighted by Crippen LogP contribution is 2.25. The van der Waals surface area contributed by atoms with Crippen LogP contribution in [0.1, 0.15) is 36.1 Å². The van der Waals surface area contributed by atoms with Gasteiger partial charge in [-0.3, -0.25) is 0 Å². The highest BCUT2D eigenvalue weighted by Gasteiger charge is 2.25. The SMILES string of the molecule is COC[C@@H](NC1CCN(c2nc(C)cs2)CC1)c1ccc(C)o1. The predicted octanol–water partition coefficient (Wildman–Crippen LogP) is 3.30. The Labute approximate surface area is 141 Å². The van der Waals surface area contributed by atoms with Crippen molar-refractivity contribution in [1.29, 1.82) is 0 Å². The van der Waals surface area contributed by atoms with E-state index in [2.05, 4.69) is 27.5 Å². The van der Waals surface area contributed by atoms with E-state index in [0.717, 1.165) is 48.3 Å². The Bertz CT molecular complexity index is 617. The minimum Gasteiger partial charge on any atom is -0.465 e. The number of piperidine rings is 1. The maximum Gasteiger partial charge on any atom is 0.185 e. The molecule has 23 heavy (non-hydrogen) atoms. The van der Waals surface area contributed by atoms with E-state index in [-0.39, 0.29) is 6.04 Å². The molecule has 3 rings (SSSR count). The molecule has 1 atom stereocenters. The Balaban J connectivity index is 1.56. The molecule has 2 aromatic heterocycles. The third-order valence-electron chi connectivity index (χ3n) is 4.25. The highest BCUT2D eigenvalue weighted by molar-refractivity contribution is 7.13. The molecular weight excluding hydrogens is 310 g/mol. The first-order valence-electron chi connectivity index (χ1n) is 8.14. The van der Waals surface area contributed by atoms with Crippen LogP contribution in [0, 0.1) is 13.8 Å². The van der Waals surface area contributed by atoms with Gasteiger partial charge >= 0.3 is 0 Å². The number of aryl methyl sites for hydroxylation is 2. The van der Waals surface area contributed by atoms with Crippen molar-refractivity contribution in [2.45, 2.75) is 38.8 Å². The van der Waals surface area contributed by atoms with Crippen molar-refractivity contribution in [3.63, 3.8) is 0 Å². The molecule has 0 spiro atoms. The number of methoxy groups -OCH3 is 1. The number of thiazole rings is 1. The van der Waals surface area contributed by atoms with Gasteiger partial charge in [0.1, 0.15) is 11.5 Å². The van der Waals surface area contributed by atoms with E-state index in [0.29, 0.717) is 12.6 Å². The van der Waals surface area contributed by atoms with Crippen molar-refractivity contribution < 1.29 is 9.15 Å². The molecule has 1 N–H and O–H groups in total. The summed E-state index contributed by atoms with van der Waals surface area (Å²) in [5.74, 6) is 1.90. The summed E-state index contributed by atoms with van der Waals surface area (Å²) >= 11 is 1.74. The molecule has 0 saturated carbocycles. The lowest BCUT2D eigenvalue weighted by molar-refractivity contribution is 0.147. The summed E-state index contributed by atoms with van der Waals surface area (Å²) in [6.07, 6.45) is 2.22. The van der Waals surface area contributed by atoms with Gasteiger partial charge < -0.3 is 19.4 Å². The van der Waals surface area contributed by atoms with Crippen LogP contribution in [0.2, 0.25) is 0 Å². The molecule has 3 heterocycles. The largest absolute Gasteiger partial charge is 0.465 e. The van der Waals surface area contributed by atoms with Crippen molar-refractivity contribution in [3.8, 4) is 0 Å². The van der Waals surface area contributed by atoms with Gasteiger partial charge in [-0.1, -0.05) is 0 Å². The van der Waals surface area contributed by atoms with E-state index in [1.54, 1.807) is 18.4 Å². The molecule has 0 radical (unpaired) electrons. The Hall–Kier alpha value is -1.37. The molecule has 0 amide bonds. The van der Waals surface area contributed by atoms with Crippen molar-refractivity contribution >= 4 is 16.5 Å². The summed E-state index contributed by atoms with van der Waals surface area (Å²) in [4.78, 5) is 6.98. The van der Waals surface area contributed by atoms with Crippen molar-refractivity contribution in [3.05, 3.63) is 34.7 Å². The van der Waals surface area contributed by atoms with Crippen molar-refractivity contribution in [1.82, 2.24) is 10.3 Å². The number of nitrogens with one attached hydrogen (secondary N) is 1. The number of aromatic nitrogens is 1. The third kappa shape index (κ3) is 4.13. The molecule has 0 bridgehead atoms. The first kappa shape index (κ1) is 16.5. The van der Waals surface area contributed by atoms with Gasteiger partial charge in [-0.2, -0.15) is 0 Å². The average Bonchev–Trinajstić information content (AvgIpc) is 3.16. The van der Waals surface area contributed by atoms with Gasteiger partial charge in [-0.05, 0) is 38.8 Å². The van der Waals surface area contributed by atoms with Crippen LogP contribution in [-0.4, -0.2) is 37.8 Å². The molecule has 6 heteroatoms. The van der Waals surface area contributed by atoms with Crippen LogP contribution < -0.4 is 10.2 Å². The fraction of sp³-hybridized carbons (Fsp3) is 0.588. The molecule has 0 aliphatic carbocycles.